The molecule has 0 atom stereocenters. The molecule has 180 valence electrons. The van der Waals surface area contributed by atoms with Gasteiger partial charge in [-0.15, -0.1) is 0 Å². The van der Waals surface area contributed by atoms with E-state index >= 15 is 0 Å². The molecule has 0 unspecified atom stereocenters. The first-order chi connectivity index (χ1) is 17.2. The maximum absolute atomic E-state index is 4.71. The van der Waals surface area contributed by atoms with Crippen molar-refractivity contribution in [1.29, 1.82) is 0 Å². The van der Waals surface area contributed by atoms with E-state index in [1.165, 1.54) is 54.7 Å². The Bertz CT molecular complexity index is 1700. The molecule has 0 bridgehead atoms. The second kappa shape index (κ2) is 8.60. The van der Waals surface area contributed by atoms with Crippen LogP contribution in [0.15, 0.2) is 72.9 Å². The van der Waals surface area contributed by atoms with Crippen molar-refractivity contribution in [2.45, 2.75) is 37.5 Å². The molecule has 3 aromatic carbocycles. The van der Waals surface area contributed by atoms with Crippen LogP contribution in [0.5, 0.6) is 0 Å². The quantitative estimate of drug-likeness (QED) is 0.0946. The predicted molar refractivity (Wildman–Crippen MR) is 160 cm³/mol. The third kappa shape index (κ3) is 3.80. The van der Waals surface area contributed by atoms with Crippen LogP contribution in [0, 0.1) is 12.0 Å². The SMILES string of the molecule is C=[N+]1c2ccc3ccccc3c2[C]([Ge]([CH3])([CH3])[CH3])=C[C-]1c1cc(CC(C)C)cc2c3cccnc3[s+][c-]12. The minimum absolute atomic E-state index is 0.591. The van der Waals surface area contributed by atoms with Crippen LogP contribution < -0.4 is 0 Å². The first kappa shape index (κ1) is 23.5. The van der Waals surface area contributed by atoms with Crippen LogP contribution in [0.1, 0.15) is 30.5 Å². The molecule has 1 aliphatic heterocycles. The van der Waals surface area contributed by atoms with Crippen molar-refractivity contribution in [3.8, 4) is 0 Å². The summed E-state index contributed by atoms with van der Waals surface area (Å²) in [7, 11) is 0. The van der Waals surface area contributed by atoms with Crippen molar-refractivity contribution in [2.75, 3.05) is 0 Å². The molecule has 0 saturated heterocycles. The molecule has 0 aliphatic carbocycles. The molecule has 3 heterocycles. The second-order valence-corrected chi connectivity index (χ2v) is 22.9. The Labute approximate surface area is 220 Å². The number of rotatable bonds is 4. The summed E-state index contributed by atoms with van der Waals surface area (Å²) in [4.78, 5) is 5.82. The summed E-state index contributed by atoms with van der Waals surface area (Å²) in [6, 6.07) is 23.6. The Morgan fingerprint density at radius 1 is 1.00 bits per heavy atom. The number of fused-ring (bicyclic) bond motifs is 6. The van der Waals surface area contributed by atoms with Gasteiger partial charge in [-0.25, -0.2) is 0 Å². The average molecular weight is 549 g/mol. The van der Waals surface area contributed by atoms with Crippen LogP contribution in [0.2, 0.25) is 17.3 Å². The molecule has 0 amide bonds. The van der Waals surface area contributed by atoms with Gasteiger partial charge in [0.2, 0.25) is 0 Å². The van der Waals surface area contributed by atoms with Crippen molar-refractivity contribution in [2.24, 2.45) is 5.92 Å². The van der Waals surface area contributed by atoms with Gasteiger partial charge in [-0.05, 0) is 0 Å². The van der Waals surface area contributed by atoms with Gasteiger partial charge in [0.1, 0.15) is 0 Å². The summed E-state index contributed by atoms with van der Waals surface area (Å²) in [6.07, 6.45) is 5.44. The van der Waals surface area contributed by atoms with Crippen molar-refractivity contribution >= 4 is 72.5 Å². The summed E-state index contributed by atoms with van der Waals surface area (Å²) >= 11 is -0.470. The topological polar surface area (TPSA) is 15.9 Å². The number of hydrogen-bond acceptors (Lipinski definition) is 1. The molecule has 36 heavy (non-hydrogen) atoms. The standard InChI is InChI=1S/C32H32GeN2S/c1-20(2)16-21-17-25-24-12-9-15-34-32(24)36-31(25)26(18-21)29-19-27(33(3,4)5)30-23-11-8-7-10-22(23)13-14-28(30)35(29)6/h7-15,17-20H,6,16H2,1-5H3. The Kier molecular flexibility index (Phi) is 5.62. The zero-order valence-corrected chi connectivity index (χ0v) is 24.6. The molecule has 5 aromatic rings. The Morgan fingerprint density at radius 3 is 2.56 bits per heavy atom. The van der Waals surface area contributed by atoms with E-state index in [9.17, 15) is 0 Å². The molecule has 0 spiro atoms. The zero-order chi connectivity index (χ0) is 25.2. The van der Waals surface area contributed by atoms with Gasteiger partial charge in [-0.1, -0.05) is 0 Å². The fraction of sp³-hybridized carbons (Fsp3) is 0.219. The van der Waals surface area contributed by atoms with E-state index < -0.39 is 13.3 Å². The third-order valence-corrected chi connectivity index (χ3v) is 12.6. The summed E-state index contributed by atoms with van der Waals surface area (Å²) in [6.45, 7) is 9.23. The number of thiophene rings is 1. The van der Waals surface area contributed by atoms with Gasteiger partial charge in [0, 0.05) is 0 Å². The van der Waals surface area contributed by atoms with Gasteiger partial charge in [-0.3, -0.25) is 0 Å². The predicted octanol–water partition coefficient (Wildman–Crippen LogP) is 9.00. The fourth-order valence-corrected chi connectivity index (χ4v) is 10.0. The minimum atomic E-state index is -2.27. The van der Waals surface area contributed by atoms with Crippen LogP contribution in [0.25, 0.3) is 35.5 Å². The second-order valence-electron chi connectivity index (χ2n) is 11.4. The Morgan fingerprint density at radius 2 is 1.78 bits per heavy atom. The van der Waals surface area contributed by atoms with E-state index in [0.29, 0.717) is 5.92 Å². The molecule has 0 saturated carbocycles. The van der Waals surface area contributed by atoms with Gasteiger partial charge >= 0.3 is 221 Å². The third-order valence-electron chi connectivity index (χ3n) is 7.18. The van der Waals surface area contributed by atoms with Crippen LogP contribution >= 0.6 is 11.3 Å². The van der Waals surface area contributed by atoms with Gasteiger partial charge in [-0.2, -0.15) is 0 Å². The number of benzene rings is 3. The van der Waals surface area contributed by atoms with Crippen molar-refractivity contribution in [1.82, 2.24) is 4.98 Å². The monoisotopic (exact) mass is 550 g/mol. The molecule has 0 N–H and O–H groups in total. The average Bonchev–Trinajstić information content (AvgIpc) is 3.21. The van der Waals surface area contributed by atoms with Gasteiger partial charge < -0.3 is 0 Å². The number of hydrogen-bond donors (Lipinski definition) is 0. The van der Waals surface area contributed by atoms with E-state index in [1.807, 2.05) is 6.20 Å². The molecular formula is C32H32GeN2S. The maximum atomic E-state index is 4.71. The number of pyridine rings is 1. The van der Waals surface area contributed by atoms with Gasteiger partial charge in [0.25, 0.3) is 0 Å². The molecule has 6 rings (SSSR count). The molecule has 1 aliphatic rings. The normalized spacial score (nSPS) is 14.2. The summed E-state index contributed by atoms with van der Waals surface area (Å²) in [5.74, 6) is 8.10. The molecular weight excluding hydrogens is 517 g/mol. The Balaban J connectivity index is 1.66. The number of aromatic nitrogens is 1. The summed E-state index contributed by atoms with van der Waals surface area (Å²) in [5.41, 5.74) is 5.26. The van der Waals surface area contributed by atoms with Crippen molar-refractivity contribution < 1.29 is 4.58 Å². The van der Waals surface area contributed by atoms with E-state index in [1.54, 1.807) is 15.7 Å². The van der Waals surface area contributed by atoms with Crippen LogP contribution in [-0.4, -0.2) is 29.5 Å². The molecule has 4 heteroatoms. The molecule has 0 radical (unpaired) electrons. The van der Waals surface area contributed by atoms with Crippen molar-refractivity contribution in [3.05, 3.63) is 95.7 Å². The van der Waals surface area contributed by atoms with Crippen LogP contribution in [0.4, 0.5) is 5.69 Å². The molecule has 2 nitrogen and oxygen atoms in total. The summed E-state index contributed by atoms with van der Waals surface area (Å²) < 4.78 is 5.03. The van der Waals surface area contributed by atoms with E-state index in [2.05, 4.69) is 109 Å². The number of nitrogens with zero attached hydrogens (tertiary/aromatic N) is 2. The van der Waals surface area contributed by atoms with Crippen molar-refractivity contribution in [3.63, 3.8) is 0 Å². The van der Waals surface area contributed by atoms with Crippen LogP contribution in [0.3, 0.4) is 0 Å². The zero-order valence-electron chi connectivity index (χ0n) is 21.7. The van der Waals surface area contributed by atoms with Gasteiger partial charge in [0.05, 0.1) is 0 Å². The van der Waals surface area contributed by atoms with E-state index in [0.717, 1.165) is 11.3 Å². The molecule has 2 aromatic heterocycles. The van der Waals surface area contributed by atoms with Crippen LogP contribution in [-0.2, 0) is 6.42 Å². The molecule has 0 fully saturated rings. The van der Waals surface area contributed by atoms with Gasteiger partial charge in [0.15, 0.2) is 0 Å². The first-order valence-corrected chi connectivity index (χ1v) is 20.9. The van der Waals surface area contributed by atoms with E-state index in [-0.39, 0.29) is 0 Å². The first-order valence-electron chi connectivity index (χ1n) is 12.7. The fourth-order valence-electron chi connectivity index (χ4n) is 5.55. The van der Waals surface area contributed by atoms with E-state index in [4.69, 9.17) is 4.98 Å². The Hall–Kier alpha value is -2.89. The summed E-state index contributed by atoms with van der Waals surface area (Å²) in [5, 5.41) is 5.19.